The van der Waals surface area contributed by atoms with Crippen molar-refractivity contribution < 1.29 is 14.2 Å². The van der Waals surface area contributed by atoms with Crippen LogP contribution in [0.25, 0.3) is 0 Å². The molecule has 0 bridgehead atoms. The van der Waals surface area contributed by atoms with Gasteiger partial charge in [-0.15, -0.1) is 0 Å². The summed E-state index contributed by atoms with van der Waals surface area (Å²) in [5.74, 6) is 3.23. The number of fused-ring (bicyclic) bond motifs is 1. The van der Waals surface area contributed by atoms with Crippen LogP contribution in [0, 0.1) is 0 Å². The summed E-state index contributed by atoms with van der Waals surface area (Å²) in [5, 5.41) is 6.62. The number of nitrogens with one attached hydrogen (secondary N) is 2. The molecule has 2 aromatic carbocycles. The molecule has 0 radical (unpaired) electrons. The first-order valence-electron chi connectivity index (χ1n) is 8.24. The van der Waals surface area contributed by atoms with Crippen molar-refractivity contribution in [2.75, 3.05) is 27.5 Å². The number of aliphatic imine (C=N–C) groups is 1. The molecule has 0 amide bonds. The first-order chi connectivity index (χ1) is 12.3. The maximum Gasteiger partial charge on any atom is 0.231 e. The lowest BCUT2D eigenvalue weighted by molar-refractivity contribution is 0.174. The van der Waals surface area contributed by atoms with Crippen molar-refractivity contribution in [1.82, 2.24) is 10.6 Å². The highest BCUT2D eigenvalue weighted by molar-refractivity contribution is 5.79. The van der Waals surface area contributed by atoms with Crippen molar-refractivity contribution in [2.45, 2.75) is 13.0 Å². The molecule has 0 spiro atoms. The van der Waals surface area contributed by atoms with E-state index in [2.05, 4.69) is 27.8 Å². The normalized spacial score (nSPS) is 12.8. The second-order valence-electron chi connectivity index (χ2n) is 5.64. The fourth-order valence-electron chi connectivity index (χ4n) is 2.57. The summed E-state index contributed by atoms with van der Waals surface area (Å²) in [7, 11) is 3.44. The van der Waals surface area contributed by atoms with Crippen LogP contribution < -0.4 is 24.8 Å². The van der Waals surface area contributed by atoms with Crippen LogP contribution in [-0.4, -0.2) is 33.5 Å². The Morgan fingerprint density at radius 1 is 1.04 bits per heavy atom. The summed E-state index contributed by atoms with van der Waals surface area (Å²) in [4.78, 5) is 4.25. The molecular formula is C19H23N3O3. The van der Waals surface area contributed by atoms with Gasteiger partial charge < -0.3 is 24.8 Å². The third kappa shape index (κ3) is 4.56. The largest absolute Gasteiger partial charge is 0.497 e. The summed E-state index contributed by atoms with van der Waals surface area (Å²) in [5.41, 5.74) is 2.36. The zero-order chi connectivity index (χ0) is 17.5. The molecule has 0 atom stereocenters. The van der Waals surface area contributed by atoms with E-state index in [1.54, 1.807) is 14.2 Å². The minimum atomic E-state index is 0.292. The van der Waals surface area contributed by atoms with Gasteiger partial charge in [0, 0.05) is 20.1 Å². The molecule has 2 aromatic rings. The quantitative estimate of drug-likeness (QED) is 0.624. The Bertz CT molecular complexity index is 729. The highest BCUT2D eigenvalue weighted by Gasteiger charge is 2.13. The zero-order valence-electron chi connectivity index (χ0n) is 14.5. The van der Waals surface area contributed by atoms with Gasteiger partial charge in [-0.2, -0.15) is 0 Å². The number of hydrogen-bond acceptors (Lipinski definition) is 4. The number of hydrogen-bond donors (Lipinski definition) is 2. The van der Waals surface area contributed by atoms with Gasteiger partial charge in [0.05, 0.1) is 7.11 Å². The summed E-state index contributed by atoms with van der Waals surface area (Å²) >= 11 is 0. The third-order valence-electron chi connectivity index (χ3n) is 3.99. The Labute approximate surface area is 147 Å². The molecule has 1 aliphatic rings. The fraction of sp³-hybridized carbons (Fsp3) is 0.316. The van der Waals surface area contributed by atoms with E-state index in [-0.39, 0.29) is 0 Å². The predicted molar refractivity (Wildman–Crippen MR) is 97.5 cm³/mol. The number of rotatable bonds is 6. The van der Waals surface area contributed by atoms with Gasteiger partial charge in [-0.1, -0.05) is 18.2 Å². The highest BCUT2D eigenvalue weighted by Crippen LogP contribution is 2.32. The van der Waals surface area contributed by atoms with Crippen LogP contribution in [0.5, 0.6) is 17.2 Å². The molecule has 0 fully saturated rings. The smallest absolute Gasteiger partial charge is 0.231 e. The third-order valence-corrected chi connectivity index (χ3v) is 3.99. The molecule has 0 unspecified atom stereocenters. The number of nitrogens with zero attached hydrogens (tertiary/aromatic N) is 1. The minimum absolute atomic E-state index is 0.292. The predicted octanol–water partition coefficient (Wildman–Crippen LogP) is 2.33. The average molecular weight is 341 g/mol. The SMILES string of the molecule is CN=C(NCCc1ccc(OC)cc1)NCc1ccc2c(c1)OCO2. The molecule has 0 saturated heterocycles. The van der Waals surface area contributed by atoms with Gasteiger partial charge in [0.2, 0.25) is 6.79 Å². The van der Waals surface area contributed by atoms with Crippen LogP contribution in [0.15, 0.2) is 47.5 Å². The highest BCUT2D eigenvalue weighted by atomic mass is 16.7. The molecule has 25 heavy (non-hydrogen) atoms. The van der Waals surface area contributed by atoms with E-state index in [9.17, 15) is 0 Å². The van der Waals surface area contributed by atoms with Gasteiger partial charge >= 0.3 is 0 Å². The second kappa shape index (κ2) is 8.28. The van der Waals surface area contributed by atoms with Crippen molar-refractivity contribution in [3.63, 3.8) is 0 Å². The summed E-state index contributed by atoms with van der Waals surface area (Å²) < 4.78 is 15.9. The standard InChI is InChI=1S/C19H23N3O3/c1-20-19(21-10-9-14-3-6-16(23-2)7-4-14)22-12-15-5-8-17-18(11-15)25-13-24-17/h3-8,11H,9-10,12-13H2,1-2H3,(H2,20,21,22). The molecular weight excluding hydrogens is 318 g/mol. The first-order valence-corrected chi connectivity index (χ1v) is 8.24. The van der Waals surface area contributed by atoms with E-state index >= 15 is 0 Å². The van der Waals surface area contributed by atoms with Crippen molar-refractivity contribution in [3.05, 3.63) is 53.6 Å². The number of methoxy groups -OCH3 is 1. The summed E-state index contributed by atoms with van der Waals surface area (Å²) in [6, 6.07) is 14.0. The summed E-state index contributed by atoms with van der Waals surface area (Å²) in [6.07, 6.45) is 0.911. The van der Waals surface area contributed by atoms with Gasteiger partial charge in [0.1, 0.15) is 5.75 Å². The average Bonchev–Trinajstić information content (AvgIpc) is 3.12. The molecule has 1 heterocycles. The van der Waals surface area contributed by atoms with Crippen LogP contribution in [-0.2, 0) is 13.0 Å². The van der Waals surface area contributed by atoms with Crippen LogP contribution in [0.1, 0.15) is 11.1 Å². The van der Waals surface area contributed by atoms with Gasteiger partial charge in [0.15, 0.2) is 17.5 Å². The van der Waals surface area contributed by atoms with E-state index in [0.29, 0.717) is 13.3 Å². The Balaban J connectivity index is 1.44. The molecule has 6 heteroatoms. The van der Waals surface area contributed by atoms with Gasteiger partial charge in [-0.25, -0.2) is 0 Å². The van der Waals surface area contributed by atoms with E-state index < -0.39 is 0 Å². The lowest BCUT2D eigenvalue weighted by Gasteiger charge is -2.12. The van der Waals surface area contributed by atoms with E-state index in [1.807, 2.05) is 30.3 Å². The molecule has 1 aliphatic heterocycles. The van der Waals surface area contributed by atoms with Crippen molar-refractivity contribution in [2.24, 2.45) is 4.99 Å². The molecule has 0 aliphatic carbocycles. The van der Waals surface area contributed by atoms with Crippen molar-refractivity contribution >= 4 is 5.96 Å². The number of benzene rings is 2. The Hall–Kier alpha value is -2.89. The minimum Gasteiger partial charge on any atom is -0.497 e. The summed E-state index contributed by atoms with van der Waals surface area (Å²) in [6.45, 7) is 1.76. The second-order valence-corrected chi connectivity index (χ2v) is 5.64. The number of guanidine groups is 1. The Morgan fingerprint density at radius 2 is 1.80 bits per heavy atom. The van der Waals surface area contributed by atoms with Crippen LogP contribution in [0.2, 0.25) is 0 Å². The van der Waals surface area contributed by atoms with Crippen LogP contribution in [0.3, 0.4) is 0 Å². The van der Waals surface area contributed by atoms with Crippen LogP contribution >= 0.6 is 0 Å². The van der Waals surface area contributed by atoms with Gasteiger partial charge in [0.25, 0.3) is 0 Å². The fourth-order valence-corrected chi connectivity index (χ4v) is 2.57. The Morgan fingerprint density at radius 3 is 2.56 bits per heavy atom. The Kier molecular flexibility index (Phi) is 5.61. The molecule has 3 rings (SSSR count). The van der Waals surface area contributed by atoms with Crippen LogP contribution in [0.4, 0.5) is 0 Å². The lowest BCUT2D eigenvalue weighted by Crippen LogP contribution is -2.37. The van der Waals surface area contributed by atoms with Gasteiger partial charge in [-0.3, -0.25) is 4.99 Å². The molecule has 0 saturated carbocycles. The van der Waals surface area contributed by atoms with Crippen molar-refractivity contribution in [1.29, 1.82) is 0 Å². The maximum atomic E-state index is 5.40. The van der Waals surface area contributed by atoms with Gasteiger partial charge in [-0.05, 0) is 41.8 Å². The molecule has 132 valence electrons. The van der Waals surface area contributed by atoms with E-state index in [4.69, 9.17) is 14.2 Å². The maximum absolute atomic E-state index is 5.40. The zero-order valence-corrected chi connectivity index (χ0v) is 14.5. The van der Waals surface area contributed by atoms with Crippen molar-refractivity contribution in [3.8, 4) is 17.2 Å². The number of ether oxygens (including phenoxy) is 3. The molecule has 0 aromatic heterocycles. The lowest BCUT2D eigenvalue weighted by atomic mass is 10.1. The van der Waals surface area contributed by atoms with E-state index in [0.717, 1.165) is 41.7 Å². The first kappa shape index (κ1) is 17.0. The molecule has 6 nitrogen and oxygen atoms in total. The molecule has 2 N–H and O–H groups in total. The van der Waals surface area contributed by atoms with E-state index in [1.165, 1.54) is 5.56 Å². The monoisotopic (exact) mass is 341 g/mol. The topological polar surface area (TPSA) is 64.1 Å².